The summed E-state index contributed by atoms with van der Waals surface area (Å²) in [5.74, 6) is -3.74. The molecule has 0 saturated heterocycles. The molecule has 104 valence electrons. The predicted molar refractivity (Wildman–Crippen MR) is 71.6 cm³/mol. The van der Waals surface area contributed by atoms with Crippen LogP contribution in [0.2, 0.25) is 0 Å². The smallest absolute Gasteiger partial charge is 0.195 e. The van der Waals surface area contributed by atoms with Crippen molar-refractivity contribution in [3.8, 4) is 11.1 Å². The van der Waals surface area contributed by atoms with E-state index in [1.54, 1.807) is 18.2 Å². The minimum absolute atomic E-state index is 0.0807. The van der Waals surface area contributed by atoms with Gasteiger partial charge in [-0.15, -0.1) is 0 Å². The van der Waals surface area contributed by atoms with Crippen LogP contribution in [0.1, 0.15) is 18.4 Å². The van der Waals surface area contributed by atoms with Crippen LogP contribution in [-0.2, 0) is 6.54 Å². The van der Waals surface area contributed by atoms with E-state index in [2.05, 4.69) is 5.32 Å². The van der Waals surface area contributed by atoms with Gasteiger partial charge < -0.3 is 5.32 Å². The maximum atomic E-state index is 13.8. The van der Waals surface area contributed by atoms with Crippen molar-refractivity contribution in [2.45, 2.75) is 25.4 Å². The van der Waals surface area contributed by atoms with Crippen LogP contribution in [0, 0.1) is 17.5 Å². The van der Waals surface area contributed by atoms with Crippen LogP contribution in [0.5, 0.6) is 0 Å². The number of nitrogens with one attached hydrogen (secondary N) is 1. The first-order valence-corrected chi connectivity index (χ1v) is 6.61. The van der Waals surface area contributed by atoms with Gasteiger partial charge >= 0.3 is 0 Å². The van der Waals surface area contributed by atoms with E-state index in [1.165, 1.54) is 18.9 Å². The summed E-state index contributed by atoms with van der Waals surface area (Å²) < 4.78 is 40.0. The average Bonchev–Trinajstić information content (AvgIpc) is 3.27. The van der Waals surface area contributed by atoms with Crippen molar-refractivity contribution in [1.29, 1.82) is 0 Å². The van der Waals surface area contributed by atoms with Crippen LogP contribution in [0.15, 0.2) is 36.4 Å². The van der Waals surface area contributed by atoms with Crippen LogP contribution >= 0.6 is 0 Å². The Morgan fingerprint density at radius 2 is 1.80 bits per heavy atom. The lowest BCUT2D eigenvalue weighted by Gasteiger charge is -2.08. The summed E-state index contributed by atoms with van der Waals surface area (Å²) in [6, 6.07) is 10.0. The zero-order valence-electron chi connectivity index (χ0n) is 10.8. The number of benzene rings is 2. The third-order valence-corrected chi connectivity index (χ3v) is 3.45. The fraction of sp³-hybridized carbons (Fsp3) is 0.250. The van der Waals surface area contributed by atoms with Gasteiger partial charge in [0.25, 0.3) is 0 Å². The maximum Gasteiger partial charge on any atom is 0.195 e. The highest BCUT2D eigenvalue weighted by Gasteiger charge is 2.20. The highest BCUT2D eigenvalue weighted by Crippen LogP contribution is 2.27. The van der Waals surface area contributed by atoms with Gasteiger partial charge in [-0.3, -0.25) is 0 Å². The Morgan fingerprint density at radius 3 is 2.55 bits per heavy atom. The average molecular weight is 277 g/mol. The lowest BCUT2D eigenvalue weighted by Crippen LogP contribution is -2.15. The molecule has 0 spiro atoms. The van der Waals surface area contributed by atoms with Gasteiger partial charge in [-0.05, 0) is 42.2 Å². The molecule has 2 aromatic rings. The molecule has 0 aliphatic heterocycles. The minimum atomic E-state index is -1.43. The van der Waals surface area contributed by atoms with E-state index in [1.807, 2.05) is 6.07 Å². The molecular weight excluding hydrogens is 263 g/mol. The summed E-state index contributed by atoms with van der Waals surface area (Å²) in [5.41, 5.74) is 1.63. The molecule has 0 unspecified atom stereocenters. The molecule has 20 heavy (non-hydrogen) atoms. The van der Waals surface area contributed by atoms with Crippen molar-refractivity contribution >= 4 is 0 Å². The molecule has 0 amide bonds. The molecule has 1 saturated carbocycles. The Balaban J connectivity index is 1.89. The molecule has 0 heterocycles. The van der Waals surface area contributed by atoms with Crippen molar-refractivity contribution in [1.82, 2.24) is 5.32 Å². The van der Waals surface area contributed by atoms with E-state index >= 15 is 0 Å². The normalized spacial score (nSPS) is 14.6. The van der Waals surface area contributed by atoms with Crippen LogP contribution in [0.4, 0.5) is 13.2 Å². The van der Waals surface area contributed by atoms with Gasteiger partial charge in [0, 0.05) is 18.2 Å². The van der Waals surface area contributed by atoms with E-state index in [9.17, 15) is 13.2 Å². The highest BCUT2D eigenvalue weighted by molar-refractivity contribution is 5.65. The zero-order valence-corrected chi connectivity index (χ0v) is 10.8. The summed E-state index contributed by atoms with van der Waals surface area (Å²) >= 11 is 0. The topological polar surface area (TPSA) is 12.0 Å². The van der Waals surface area contributed by atoms with Gasteiger partial charge in [-0.2, -0.15) is 0 Å². The zero-order chi connectivity index (χ0) is 14.1. The first-order chi connectivity index (χ1) is 9.65. The van der Waals surface area contributed by atoms with Gasteiger partial charge in [-0.25, -0.2) is 13.2 Å². The molecule has 1 N–H and O–H groups in total. The lowest BCUT2D eigenvalue weighted by atomic mass is 10.0. The van der Waals surface area contributed by atoms with Gasteiger partial charge in [0.1, 0.15) is 0 Å². The quantitative estimate of drug-likeness (QED) is 0.832. The SMILES string of the molecule is Fc1ccc(-c2cccc(CNC3CC3)c2)c(F)c1F. The molecule has 0 bridgehead atoms. The van der Waals surface area contributed by atoms with E-state index in [0.717, 1.165) is 11.6 Å². The third kappa shape index (κ3) is 2.70. The van der Waals surface area contributed by atoms with Crippen LogP contribution < -0.4 is 5.32 Å². The Morgan fingerprint density at radius 1 is 1.00 bits per heavy atom. The molecule has 0 radical (unpaired) electrons. The second-order valence-corrected chi connectivity index (χ2v) is 5.08. The lowest BCUT2D eigenvalue weighted by molar-refractivity contribution is 0.449. The van der Waals surface area contributed by atoms with Gasteiger partial charge in [-0.1, -0.05) is 18.2 Å². The molecular formula is C16H14F3N. The third-order valence-electron chi connectivity index (χ3n) is 3.45. The summed E-state index contributed by atoms with van der Waals surface area (Å²) in [6.07, 6.45) is 2.38. The second-order valence-electron chi connectivity index (χ2n) is 5.08. The summed E-state index contributed by atoms with van der Waals surface area (Å²) in [6.45, 7) is 0.698. The summed E-state index contributed by atoms with van der Waals surface area (Å²) in [7, 11) is 0. The Bertz CT molecular complexity index is 636. The predicted octanol–water partition coefficient (Wildman–Crippen LogP) is 4.02. The minimum Gasteiger partial charge on any atom is -0.310 e. The molecule has 1 nitrogen and oxygen atoms in total. The van der Waals surface area contributed by atoms with E-state index in [4.69, 9.17) is 0 Å². The van der Waals surface area contributed by atoms with Crippen molar-refractivity contribution in [2.75, 3.05) is 0 Å². The molecule has 4 heteroatoms. The van der Waals surface area contributed by atoms with Crippen molar-refractivity contribution in [3.63, 3.8) is 0 Å². The maximum absolute atomic E-state index is 13.8. The second kappa shape index (κ2) is 5.29. The number of rotatable bonds is 4. The van der Waals surface area contributed by atoms with Crippen LogP contribution in [0.3, 0.4) is 0 Å². The Hall–Kier alpha value is -1.81. The summed E-state index contributed by atoms with van der Waals surface area (Å²) in [5, 5.41) is 3.36. The molecule has 1 aliphatic carbocycles. The highest BCUT2D eigenvalue weighted by atomic mass is 19.2. The fourth-order valence-electron chi connectivity index (χ4n) is 2.15. The molecule has 0 atom stereocenters. The Kier molecular flexibility index (Phi) is 3.49. The number of halogens is 3. The summed E-state index contributed by atoms with van der Waals surface area (Å²) in [4.78, 5) is 0. The van der Waals surface area contributed by atoms with Crippen molar-refractivity contribution < 1.29 is 13.2 Å². The largest absolute Gasteiger partial charge is 0.310 e. The fourth-order valence-corrected chi connectivity index (χ4v) is 2.15. The van der Waals surface area contributed by atoms with Crippen molar-refractivity contribution in [3.05, 3.63) is 59.4 Å². The van der Waals surface area contributed by atoms with Gasteiger partial charge in [0.2, 0.25) is 0 Å². The molecule has 0 aromatic heterocycles. The number of hydrogen-bond donors (Lipinski definition) is 1. The monoisotopic (exact) mass is 277 g/mol. The van der Waals surface area contributed by atoms with E-state index in [-0.39, 0.29) is 5.56 Å². The first kappa shape index (κ1) is 13.2. The Labute approximate surface area is 115 Å². The number of hydrogen-bond acceptors (Lipinski definition) is 1. The van der Waals surface area contributed by atoms with Crippen molar-refractivity contribution in [2.24, 2.45) is 0 Å². The molecule has 3 rings (SSSR count). The standard InChI is InChI=1S/C16H14F3N/c17-14-7-6-13(15(18)16(14)19)11-3-1-2-10(8-11)9-20-12-4-5-12/h1-3,6-8,12,20H,4-5,9H2. The first-order valence-electron chi connectivity index (χ1n) is 6.61. The molecule has 1 aliphatic rings. The van der Waals surface area contributed by atoms with Crippen LogP contribution in [-0.4, -0.2) is 6.04 Å². The van der Waals surface area contributed by atoms with E-state index < -0.39 is 17.5 Å². The molecule has 1 fully saturated rings. The van der Waals surface area contributed by atoms with Crippen LogP contribution in [0.25, 0.3) is 11.1 Å². The van der Waals surface area contributed by atoms with E-state index in [0.29, 0.717) is 18.2 Å². The van der Waals surface area contributed by atoms with Gasteiger partial charge in [0.15, 0.2) is 17.5 Å². The molecule has 2 aromatic carbocycles. The van der Waals surface area contributed by atoms with Gasteiger partial charge in [0.05, 0.1) is 0 Å².